The van der Waals surface area contributed by atoms with Crippen molar-refractivity contribution in [3.8, 4) is 11.5 Å². The molecule has 2 nitrogen and oxygen atoms in total. The second-order valence-electron chi connectivity index (χ2n) is 6.10. The van der Waals surface area contributed by atoms with Crippen molar-refractivity contribution in [2.24, 2.45) is 5.92 Å². The summed E-state index contributed by atoms with van der Waals surface area (Å²) in [4.78, 5) is 0. The largest absolute Gasteiger partial charge is 0.508 e. The van der Waals surface area contributed by atoms with Gasteiger partial charge in [0.05, 0.1) is 0 Å². The summed E-state index contributed by atoms with van der Waals surface area (Å²) in [5.41, 5.74) is 2.26. The molecule has 1 aliphatic heterocycles. The van der Waals surface area contributed by atoms with Gasteiger partial charge in [-0.05, 0) is 45.7 Å². The SMILES string of the molecule is CC1=CC[C@@H]2[C@@H](C1)c1c(O)cccc1OC2(C)C. The first-order valence-corrected chi connectivity index (χ1v) is 6.65. The van der Waals surface area contributed by atoms with E-state index in [4.69, 9.17) is 4.74 Å². The van der Waals surface area contributed by atoms with Crippen LogP contribution < -0.4 is 4.74 Å². The number of hydrogen-bond acceptors (Lipinski definition) is 2. The molecule has 0 aromatic heterocycles. The third kappa shape index (κ3) is 1.63. The molecular weight excluding hydrogens is 224 g/mol. The van der Waals surface area contributed by atoms with Crippen molar-refractivity contribution in [3.05, 3.63) is 35.4 Å². The Hall–Kier alpha value is -1.44. The van der Waals surface area contributed by atoms with Crippen molar-refractivity contribution in [3.63, 3.8) is 0 Å². The molecule has 0 saturated heterocycles. The molecular formula is C16H20O2. The average molecular weight is 244 g/mol. The standard InChI is InChI=1S/C16H20O2/c1-10-7-8-12-11(9-10)15-13(17)5-4-6-14(15)18-16(12,2)3/h4-7,11-12,17H,8-9H2,1-3H3/t11-,12-/m1/s1. The van der Waals surface area contributed by atoms with E-state index in [1.54, 1.807) is 6.07 Å². The predicted octanol–water partition coefficient (Wildman–Crippen LogP) is 4.00. The van der Waals surface area contributed by atoms with Gasteiger partial charge in [0.1, 0.15) is 17.1 Å². The fraction of sp³-hybridized carbons (Fsp3) is 0.500. The van der Waals surface area contributed by atoms with Crippen LogP contribution in [0.5, 0.6) is 11.5 Å². The molecule has 18 heavy (non-hydrogen) atoms. The molecule has 0 unspecified atom stereocenters. The molecule has 0 spiro atoms. The molecule has 3 rings (SSSR count). The Balaban J connectivity index is 2.15. The zero-order valence-corrected chi connectivity index (χ0v) is 11.2. The molecule has 0 fully saturated rings. The number of benzene rings is 1. The van der Waals surface area contributed by atoms with Gasteiger partial charge in [-0.2, -0.15) is 0 Å². The summed E-state index contributed by atoms with van der Waals surface area (Å²) in [6, 6.07) is 5.60. The van der Waals surface area contributed by atoms with Gasteiger partial charge in [-0.15, -0.1) is 0 Å². The Morgan fingerprint density at radius 3 is 2.89 bits per heavy atom. The molecule has 1 aromatic carbocycles. The second-order valence-corrected chi connectivity index (χ2v) is 6.10. The molecule has 0 radical (unpaired) electrons. The number of hydrogen-bond donors (Lipinski definition) is 1. The number of aromatic hydroxyl groups is 1. The lowest BCUT2D eigenvalue weighted by Crippen LogP contribution is -2.45. The minimum absolute atomic E-state index is 0.164. The van der Waals surface area contributed by atoms with Crippen LogP contribution in [0.3, 0.4) is 0 Å². The van der Waals surface area contributed by atoms with Crippen LogP contribution in [0.15, 0.2) is 29.8 Å². The van der Waals surface area contributed by atoms with Gasteiger partial charge < -0.3 is 9.84 Å². The van der Waals surface area contributed by atoms with Gasteiger partial charge in [-0.3, -0.25) is 0 Å². The molecule has 2 aliphatic rings. The third-order valence-electron chi connectivity index (χ3n) is 4.43. The van der Waals surface area contributed by atoms with Crippen LogP contribution in [0.25, 0.3) is 0 Å². The summed E-state index contributed by atoms with van der Waals surface area (Å²) in [6.07, 6.45) is 4.39. The Bertz CT molecular complexity index is 514. The fourth-order valence-electron chi connectivity index (χ4n) is 3.49. The van der Waals surface area contributed by atoms with Gasteiger partial charge >= 0.3 is 0 Å². The van der Waals surface area contributed by atoms with Crippen molar-refractivity contribution in [2.45, 2.75) is 45.1 Å². The smallest absolute Gasteiger partial charge is 0.127 e. The molecule has 1 aromatic rings. The molecule has 0 bridgehead atoms. The van der Waals surface area contributed by atoms with Gasteiger partial charge in [-0.25, -0.2) is 0 Å². The van der Waals surface area contributed by atoms with E-state index in [1.807, 2.05) is 12.1 Å². The van der Waals surface area contributed by atoms with Crippen molar-refractivity contribution in [1.82, 2.24) is 0 Å². The van der Waals surface area contributed by atoms with E-state index in [9.17, 15) is 5.11 Å². The predicted molar refractivity (Wildman–Crippen MR) is 72.0 cm³/mol. The Morgan fingerprint density at radius 1 is 1.33 bits per heavy atom. The van der Waals surface area contributed by atoms with Crippen LogP contribution in [0, 0.1) is 5.92 Å². The van der Waals surface area contributed by atoms with Crippen molar-refractivity contribution >= 4 is 0 Å². The van der Waals surface area contributed by atoms with E-state index >= 15 is 0 Å². The molecule has 0 amide bonds. The topological polar surface area (TPSA) is 29.5 Å². The lowest BCUT2D eigenvalue weighted by Gasteiger charge is -2.46. The van der Waals surface area contributed by atoms with Gasteiger partial charge in [0, 0.05) is 17.4 Å². The van der Waals surface area contributed by atoms with Crippen LogP contribution in [-0.2, 0) is 0 Å². The van der Waals surface area contributed by atoms with Crippen LogP contribution in [0.4, 0.5) is 0 Å². The number of phenols is 1. The average Bonchev–Trinajstić information content (AvgIpc) is 2.27. The van der Waals surface area contributed by atoms with E-state index < -0.39 is 0 Å². The fourth-order valence-corrected chi connectivity index (χ4v) is 3.49. The van der Waals surface area contributed by atoms with Crippen LogP contribution in [0.2, 0.25) is 0 Å². The molecule has 2 atom stereocenters. The first-order valence-electron chi connectivity index (χ1n) is 6.65. The van der Waals surface area contributed by atoms with E-state index in [2.05, 4.69) is 26.8 Å². The molecule has 1 aliphatic carbocycles. The highest BCUT2D eigenvalue weighted by Gasteiger charge is 2.45. The van der Waals surface area contributed by atoms with Crippen LogP contribution in [0.1, 0.15) is 45.1 Å². The number of phenolic OH excluding ortho intramolecular Hbond substituents is 1. The lowest BCUT2D eigenvalue weighted by molar-refractivity contribution is 0.00762. The van der Waals surface area contributed by atoms with Crippen molar-refractivity contribution in [1.29, 1.82) is 0 Å². The van der Waals surface area contributed by atoms with E-state index in [-0.39, 0.29) is 5.60 Å². The highest BCUT2D eigenvalue weighted by molar-refractivity contribution is 5.50. The molecule has 1 heterocycles. The summed E-state index contributed by atoms with van der Waals surface area (Å²) in [6.45, 7) is 6.50. The number of rotatable bonds is 0. The zero-order chi connectivity index (χ0) is 12.9. The first kappa shape index (κ1) is 11.6. The van der Waals surface area contributed by atoms with Crippen LogP contribution in [-0.4, -0.2) is 10.7 Å². The summed E-state index contributed by atoms with van der Waals surface area (Å²) in [5.74, 6) is 2.07. The van der Waals surface area contributed by atoms with Gasteiger partial charge in [0.25, 0.3) is 0 Å². The number of ether oxygens (including phenoxy) is 1. The maximum absolute atomic E-state index is 10.2. The van der Waals surface area contributed by atoms with E-state index in [0.29, 0.717) is 17.6 Å². The maximum Gasteiger partial charge on any atom is 0.127 e. The van der Waals surface area contributed by atoms with E-state index in [0.717, 1.165) is 24.2 Å². The van der Waals surface area contributed by atoms with Crippen molar-refractivity contribution in [2.75, 3.05) is 0 Å². The number of fused-ring (bicyclic) bond motifs is 3. The monoisotopic (exact) mass is 244 g/mol. The van der Waals surface area contributed by atoms with Crippen molar-refractivity contribution < 1.29 is 9.84 Å². The maximum atomic E-state index is 10.2. The minimum Gasteiger partial charge on any atom is -0.508 e. The summed E-state index contributed by atoms with van der Waals surface area (Å²) in [5, 5.41) is 10.2. The van der Waals surface area contributed by atoms with Gasteiger partial charge in [0.15, 0.2) is 0 Å². The Kier molecular flexibility index (Phi) is 2.44. The minimum atomic E-state index is -0.164. The molecule has 96 valence electrons. The third-order valence-corrected chi connectivity index (χ3v) is 4.43. The van der Waals surface area contributed by atoms with Gasteiger partial charge in [0.2, 0.25) is 0 Å². The first-order chi connectivity index (χ1) is 8.49. The Morgan fingerprint density at radius 2 is 2.11 bits per heavy atom. The second kappa shape index (κ2) is 3.78. The van der Waals surface area contributed by atoms with Gasteiger partial charge in [-0.1, -0.05) is 17.7 Å². The van der Waals surface area contributed by atoms with E-state index in [1.165, 1.54) is 5.57 Å². The summed E-state index contributed by atoms with van der Waals surface area (Å²) >= 11 is 0. The molecule has 2 heteroatoms. The Labute approximate surface area is 108 Å². The highest BCUT2D eigenvalue weighted by Crippen LogP contribution is 2.53. The normalized spacial score (nSPS) is 28.7. The highest BCUT2D eigenvalue weighted by atomic mass is 16.5. The van der Waals surface area contributed by atoms with Crippen LogP contribution >= 0.6 is 0 Å². The summed E-state index contributed by atoms with van der Waals surface area (Å²) < 4.78 is 6.12. The quantitative estimate of drug-likeness (QED) is 0.699. The lowest BCUT2D eigenvalue weighted by atomic mass is 9.67. The number of allylic oxidation sites excluding steroid dienone is 2. The summed E-state index contributed by atoms with van der Waals surface area (Å²) in [7, 11) is 0. The zero-order valence-electron chi connectivity index (χ0n) is 11.2. The molecule has 1 N–H and O–H groups in total. The molecule has 0 saturated carbocycles.